The highest BCUT2D eigenvalue weighted by atomic mass is 16.5. The van der Waals surface area contributed by atoms with Crippen molar-refractivity contribution in [1.29, 1.82) is 0 Å². The molecule has 0 spiro atoms. The molecule has 1 N–H and O–H groups in total. The monoisotopic (exact) mass is 888 g/mol. The molecule has 2 unspecified atom stereocenters. The SMILES string of the molecule is CCCCCCCCC(CC)OC(=O)CCCCCCCN(CCCCCCCC(=O)OC(CCCCCCCC)CCCCCCCC)CCCN=C1NC(=O)C(C)CCC1=O. The predicted octanol–water partition coefficient (Wildman–Crippen LogP) is 14.4. The second kappa shape index (κ2) is 42.4. The Morgan fingerprint density at radius 3 is 1.43 bits per heavy atom. The summed E-state index contributed by atoms with van der Waals surface area (Å²) >= 11 is 0. The molecule has 1 rings (SSSR count). The lowest BCUT2D eigenvalue weighted by Crippen LogP contribution is -2.36. The summed E-state index contributed by atoms with van der Waals surface area (Å²) in [5.74, 6) is -0.147. The Hall–Kier alpha value is -2.29. The molecule has 1 saturated heterocycles. The van der Waals surface area contributed by atoms with Gasteiger partial charge in [0.2, 0.25) is 5.91 Å². The van der Waals surface area contributed by atoms with E-state index in [4.69, 9.17) is 9.47 Å². The van der Waals surface area contributed by atoms with Crippen LogP contribution in [-0.4, -0.2) is 72.8 Å². The zero-order valence-electron chi connectivity index (χ0n) is 42.1. The first kappa shape index (κ1) is 58.7. The number of carbonyl (C=O) groups is 4. The summed E-state index contributed by atoms with van der Waals surface area (Å²) in [4.78, 5) is 57.3. The lowest BCUT2D eigenvalue weighted by molar-refractivity contribution is -0.150. The van der Waals surface area contributed by atoms with Crippen LogP contribution in [0.4, 0.5) is 0 Å². The van der Waals surface area contributed by atoms with Gasteiger partial charge in [0.25, 0.3) is 0 Å². The molecule has 9 heteroatoms. The fourth-order valence-corrected chi connectivity index (χ4v) is 8.68. The normalized spacial score (nSPS) is 15.6. The fraction of sp³-hybridized carbons (Fsp3) is 0.907. The van der Waals surface area contributed by atoms with Gasteiger partial charge in [-0.15, -0.1) is 0 Å². The number of nitrogens with zero attached hydrogens (tertiary/aromatic N) is 2. The first-order valence-electron chi connectivity index (χ1n) is 27.2. The molecule has 0 aromatic carbocycles. The van der Waals surface area contributed by atoms with E-state index in [9.17, 15) is 19.2 Å². The molecule has 1 aliphatic rings. The third-order valence-corrected chi connectivity index (χ3v) is 13.1. The molecule has 63 heavy (non-hydrogen) atoms. The third kappa shape index (κ3) is 34.7. The van der Waals surface area contributed by atoms with Crippen LogP contribution < -0.4 is 5.32 Å². The minimum absolute atomic E-state index is 0.00443. The first-order chi connectivity index (χ1) is 30.7. The second-order valence-electron chi connectivity index (χ2n) is 19.1. The highest BCUT2D eigenvalue weighted by molar-refractivity contribution is 6.41. The summed E-state index contributed by atoms with van der Waals surface area (Å²) in [5.41, 5.74) is 0. The molecule has 0 aromatic rings. The van der Waals surface area contributed by atoms with Gasteiger partial charge in [0.1, 0.15) is 12.2 Å². The van der Waals surface area contributed by atoms with Crippen LogP contribution in [0.2, 0.25) is 0 Å². The van der Waals surface area contributed by atoms with Gasteiger partial charge in [-0.05, 0) is 103 Å². The molecule has 9 nitrogen and oxygen atoms in total. The summed E-state index contributed by atoms with van der Waals surface area (Å²) in [6, 6.07) is 0. The molecule has 368 valence electrons. The lowest BCUT2D eigenvalue weighted by atomic mass is 10.0. The zero-order chi connectivity index (χ0) is 46.0. The van der Waals surface area contributed by atoms with E-state index in [-0.39, 0.29) is 47.6 Å². The maximum Gasteiger partial charge on any atom is 0.306 e. The summed E-state index contributed by atoms with van der Waals surface area (Å²) in [6.45, 7) is 14.2. The summed E-state index contributed by atoms with van der Waals surface area (Å²) < 4.78 is 11.9. The van der Waals surface area contributed by atoms with Crippen molar-refractivity contribution < 1.29 is 28.7 Å². The molecule has 1 aliphatic heterocycles. The molecule has 1 fully saturated rings. The van der Waals surface area contributed by atoms with Crippen LogP contribution in [0, 0.1) is 5.92 Å². The molecule has 2 atom stereocenters. The molecule has 0 aromatic heterocycles. The van der Waals surface area contributed by atoms with Gasteiger partial charge in [-0.2, -0.15) is 0 Å². The van der Waals surface area contributed by atoms with Crippen LogP contribution in [0.15, 0.2) is 4.99 Å². The number of Topliss-reactive ketones (excluding diaryl/α,β-unsaturated/α-hetero) is 1. The van der Waals surface area contributed by atoms with E-state index in [0.717, 1.165) is 135 Å². The van der Waals surface area contributed by atoms with Crippen LogP contribution in [0.5, 0.6) is 0 Å². The standard InChI is InChI=1S/C54H101N3O6/c1-6-10-13-16-21-28-36-48(9-4)62-51(59)39-31-24-19-26-33-44-57(46-35-43-55-53-50(58)42-41-47(5)54(61)56-53)45-34-27-20-25-32-40-52(60)63-49(37-29-22-17-14-11-7-2)38-30-23-18-15-12-8-3/h47-49H,6-46H2,1-5H3,(H,55,56,61). The maximum absolute atomic E-state index is 12.9. The van der Waals surface area contributed by atoms with Gasteiger partial charge in [0.15, 0.2) is 11.6 Å². The maximum atomic E-state index is 12.9. The Balaban J connectivity index is 2.47. The predicted molar refractivity (Wildman–Crippen MR) is 264 cm³/mol. The molecule has 0 bridgehead atoms. The van der Waals surface area contributed by atoms with Crippen LogP contribution in [0.25, 0.3) is 0 Å². The quantitative estimate of drug-likeness (QED) is 0.0479. The number of ether oxygens (including phenoxy) is 2. The van der Waals surface area contributed by atoms with E-state index in [0.29, 0.717) is 32.2 Å². The smallest absolute Gasteiger partial charge is 0.306 e. The van der Waals surface area contributed by atoms with Crippen molar-refractivity contribution in [3.05, 3.63) is 0 Å². The zero-order valence-corrected chi connectivity index (χ0v) is 42.1. The summed E-state index contributed by atoms with van der Waals surface area (Å²) in [7, 11) is 0. The van der Waals surface area contributed by atoms with Gasteiger partial charge in [-0.1, -0.05) is 169 Å². The van der Waals surface area contributed by atoms with Crippen molar-refractivity contribution in [2.45, 2.75) is 284 Å². The number of amides is 1. The summed E-state index contributed by atoms with van der Waals surface area (Å²) in [5, 5.41) is 2.76. The van der Waals surface area contributed by atoms with Crippen molar-refractivity contribution in [3.8, 4) is 0 Å². The Morgan fingerprint density at radius 1 is 0.556 bits per heavy atom. The number of rotatable bonds is 44. The molecule has 1 heterocycles. The van der Waals surface area contributed by atoms with E-state index >= 15 is 0 Å². The Morgan fingerprint density at radius 2 is 0.952 bits per heavy atom. The number of carbonyl (C=O) groups excluding carboxylic acids is 4. The Kier molecular flexibility index (Phi) is 39.5. The minimum atomic E-state index is -0.167. The van der Waals surface area contributed by atoms with Crippen molar-refractivity contribution >= 4 is 29.5 Å². The van der Waals surface area contributed by atoms with Crippen LogP contribution in [0.3, 0.4) is 0 Å². The van der Waals surface area contributed by atoms with E-state index in [1.165, 1.54) is 96.3 Å². The Labute approximate surface area is 388 Å². The minimum Gasteiger partial charge on any atom is -0.462 e. The molecular weight excluding hydrogens is 787 g/mol. The third-order valence-electron chi connectivity index (χ3n) is 13.1. The average Bonchev–Trinajstić information content (AvgIpc) is 3.39. The fourth-order valence-electron chi connectivity index (χ4n) is 8.68. The number of aliphatic imine (C=N–C) groups is 1. The second-order valence-corrected chi connectivity index (χ2v) is 19.1. The van der Waals surface area contributed by atoms with E-state index in [1.807, 2.05) is 6.92 Å². The highest BCUT2D eigenvalue weighted by Crippen LogP contribution is 2.19. The summed E-state index contributed by atoms with van der Waals surface area (Å²) in [6.07, 6.45) is 40.3. The molecular formula is C54H101N3O6. The number of ketones is 1. The molecule has 0 aliphatic carbocycles. The van der Waals surface area contributed by atoms with Gasteiger partial charge in [-0.25, -0.2) is 0 Å². The van der Waals surface area contributed by atoms with Crippen molar-refractivity contribution in [3.63, 3.8) is 0 Å². The Bertz CT molecular complexity index is 1140. The number of unbranched alkanes of at least 4 members (excludes halogenated alkanes) is 23. The van der Waals surface area contributed by atoms with Crippen molar-refractivity contribution in [2.75, 3.05) is 26.2 Å². The van der Waals surface area contributed by atoms with Gasteiger partial charge in [-0.3, -0.25) is 24.2 Å². The van der Waals surface area contributed by atoms with E-state index in [2.05, 4.69) is 42.9 Å². The van der Waals surface area contributed by atoms with Crippen LogP contribution in [-0.2, 0) is 28.7 Å². The van der Waals surface area contributed by atoms with Gasteiger partial charge >= 0.3 is 11.9 Å². The van der Waals surface area contributed by atoms with Crippen molar-refractivity contribution in [2.24, 2.45) is 10.9 Å². The number of esters is 2. The molecule has 0 saturated carbocycles. The van der Waals surface area contributed by atoms with Crippen LogP contribution >= 0.6 is 0 Å². The number of amidine groups is 1. The van der Waals surface area contributed by atoms with Crippen LogP contribution in [0.1, 0.15) is 272 Å². The largest absolute Gasteiger partial charge is 0.462 e. The average molecular weight is 888 g/mol. The topological polar surface area (TPSA) is 114 Å². The van der Waals surface area contributed by atoms with E-state index in [1.54, 1.807) is 0 Å². The van der Waals surface area contributed by atoms with Gasteiger partial charge in [0, 0.05) is 31.7 Å². The van der Waals surface area contributed by atoms with Gasteiger partial charge in [0.05, 0.1) is 0 Å². The van der Waals surface area contributed by atoms with Gasteiger partial charge < -0.3 is 19.7 Å². The molecule has 0 radical (unpaired) electrons. The van der Waals surface area contributed by atoms with E-state index < -0.39 is 0 Å². The molecule has 1 amide bonds. The highest BCUT2D eigenvalue weighted by Gasteiger charge is 2.24. The number of hydrogen-bond donors (Lipinski definition) is 1. The number of hydrogen-bond acceptors (Lipinski definition) is 8. The van der Waals surface area contributed by atoms with Crippen molar-refractivity contribution in [1.82, 2.24) is 10.2 Å². The first-order valence-corrected chi connectivity index (χ1v) is 27.2. The number of nitrogens with one attached hydrogen (secondary N) is 1. The lowest BCUT2D eigenvalue weighted by Gasteiger charge is -2.22.